The molecule has 0 radical (unpaired) electrons. The normalized spacial score (nSPS) is 21.9. The lowest BCUT2D eigenvalue weighted by Gasteiger charge is -2.36. The number of hydrogen-bond acceptors (Lipinski definition) is 5. The van der Waals surface area contributed by atoms with E-state index in [0.29, 0.717) is 17.7 Å². The SMILES string of the molecule is CCN1CCCC1CN(CC1CCN(CCOC)CC1)C(=O)c1ccccn1. The summed E-state index contributed by atoms with van der Waals surface area (Å²) >= 11 is 0. The van der Waals surface area contributed by atoms with Gasteiger partial charge in [-0.2, -0.15) is 0 Å². The van der Waals surface area contributed by atoms with Gasteiger partial charge in [-0.3, -0.25) is 14.7 Å². The third-order valence-electron chi connectivity index (χ3n) is 6.30. The Morgan fingerprint density at radius 2 is 2.04 bits per heavy atom. The fraction of sp³-hybridized carbons (Fsp3) is 0.727. The molecule has 156 valence electrons. The molecular formula is C22H36N4O2. The molecule has 28 heavy (non-hydrogen) atoms. The monoisotopic (exact) mass is 388 g/mol. The first-order chi connectivity index (χ1) is 13.7. The van der Waals surface area contributed by atoms with Crippen LogP contribution >= 0.6 is 0 Å². The summed E-state index contributed by atoms with van der Waals surface area (Å²) in [5, 5.41) is 0. The van der Waals surface area contributed by atoms with E-state index < -0.39 is 0 Å². The van der Waals surface area contributed by atoms with Crippen LogP contribution in [-0.2, 0) is 4.74 Å². The Morgan fingerprint density at radius 1 is 1.21 bits per heavy atom. The molecule has 6 nitrogen and oxygen atoms in total. The van der Waals surface area contributed by atoms with E-state index in [0.717, 1.165) is 65.3 Å². The summed E-state index contributed by atoms with van der Waals surface area (Å²) in [5.74, 6) is 0.660. The van der Waals surface area contributed by atoms with Gasteiger partial charge in [0.05, 0.1) is 6.61 Å². The van der Waals surface area contributed by atoms with E-state index in [-0.39, 0.29) is 5.91 Å². The first-order valence-corrected chi connectivity index (χ1v) is 10.9. The number of aromatic nitrogens is 1. The largest absolute Gasteiger partial charge is 0.383 e. The van der Waals surface area contributed by atoms with Crippen molar-refractivity contribution >= 4 is 5.91 Å². The summed E-state index contributed by atoms with van der Waals surface area (Å²) in [4.78, 5) is 24.6. The van der Waals surface area contributed by atoms with Crippen LogP contribution in [0.25, 0.3) is 0 Å². The van der Waals surface area contributed by atoms with Crippen LogP contribution in [0.15, 0.2) is 24.4 Å². The van der Waals surface area contributed by atoms with Gasteiger partial charge in [0.15, 0.2) is 0 Å². The predicted octanol–water partition coefficient (Wildman–Crippen LogP) is 2.37. The van der Waals surface area contributed by atoms with E-state index in [1.165, 1.54) is 12.8 Å². The molecule has 1 aromatic heterocycles. The zero-order valence-corrected chi connectivity index (χ0v) is 17.6. The molecule has 1 amide bonds. The van der Waals surface area contributed by atoms with Crippen LogP contribution in [-0.4, -0.2) is 91.2 Å². The Kier molecular flexibility index (Phi) is 8.25. The number of piperidine rings is 1. The molecule has 1 unspecified atom stereocenters. The van der Waals surface area contributed by atoms with Gasteiger partial charge in [0.1, 0.15) is 5.69 Å². The van der Waals surface area contributed by atoms with Crippen molar-refractivity contribution in [3.63, 3.8) is 0 Å². The van der Waals surface area contributed by atoms with E-state index >= 15 is 0 Å². The molecule has 1 aromatic rings. The number of hydrogen-bond donors (Lipinski definition) is 0. The molecule has 0 spiro atoms. The number of nitrogens with zero attached hydrogens (tertiary/aromatic N) is 4. The Balaban J connectivity index is 1.62. The Bertz CT molecular complexity index is 589. The molecule has 2 aliphatic rings. The topological polar surface area (TPSA) is 48.9 Å². The van der Waals surface area contributed by atoms with Crippen molar-refractivity contribution in [2.75, 3.05) is 59.5 Å². The number of rotatable bonds is 9. The van der Waals surface area contributed by atoms with Gasteiger partial charge in [0.25, 0.3) is 5.91 Å². The van der Waals surface area contributed by atoms with Gasteiger partial charge in [0.2, 0.25) is 0 Å². The lowest BCUT2D eigenvalue weighted by Crippen LogP contribution is -2.47. The zero-order valence-electron chi connectivity index (χ0n) is 17.6. The summed E-state index contributed by atoms with van der Waals surface area (Å²) in [6.45, 7) is 10.1. The van der Waals surface area contributed by atoms with Crippen molar-refractivity contribution in [3.8, 4) is 0 Å². The Labute approximate surface area is 169 Å². The van der Waals surface area contributed by atoms with Crippen LogP contribution in [0.5, 0.6) is 0 Å². The first-order valence-electron chi connectivity index (χ1n) is 10.9. The van der Waals surface area contributed by atoms with Crippen molar-refractivity contribution in [2.45, 2.75) is 38.6 Å². The fourth-order valence-corrected chi connectivity index (χ4v) is 4.59. The highest BCUT2D eigenvalue weighted by Gasteiger charge is 2.30. The van der Waals surface area contributed by atoms with Crippen LogP contribution < -0.4 is 0 Å². The minimum absolute atomic E-state index is 0.0883. The minimum atomic E-state index is 0.0883. The Morgan fingerprint density at radius 3 is 2.71 bits per heavy atom. The molecule has 3 rings (SSSR count). The van der Waals surface area contributed by atoms with Gasteiger partial charge in [0, 0.05) is 39.0 Å². The number of likely N-dealkylation sites (N-methyl/N-ethyl adjacent to an activating group) is 1. The van der Waals surface area contributed by atoms with E-state index in [1.54, 1.807) is 13.3 Å². The maximum Gasteiger partial charge on any atom is 0.272 e. The van der Waals surface area contributed by atoms with Crippen molar-refractivity contribution in [3.05, 3.63) is 30.1 Å². The van der Waals surface area contributed by atoms with Gasteiger partial charge in [-0.05, 0) is 69.9 Å². The first kappa shape index (κ1) is 21.2. The van der Waals surface area contributed by atoms with Crippen LogP contribution in [0.2, 0.25) is 0 Å². The second-order valence-corrected chi connectivity index (χ2v) is 8.13. The third-order valence-corrected chi connectivity index (χ3v) is 6.30. The number of carbonyl (C=O) groups is 1. The average molecular weight is 389 g/mol. The lowest BCUT2D eigenvalue weighted by molar-refractivity contribution is 0.0611. The molecule has 0 saturated carbocycles. The highest BCUT2D eigenvalue weighted by molar-refractivity contribution is 5.92. The highest BCUT2D eigenvalue weighted by Crippen LogP contribution is 2.22. The van der Waals surface area contributed by atoms with Crippen molar-refractivity contribution in [1.29, 1.82) is 0 Å². The number of likely N-dealkylation sites (tertiary alicyclic amines) is 2. The van der Waals surface area contributed by atoms with Crippen molar-refractivity contribution in [2.24, 2.45) is 5.92 Å². The summed E-state index contributed by atoms with van der Waals surface area (Å²) in [7, 11) is 1.76. The lowest BCUT2D eigenvalue weighted by atomic mass is 9.95. The predicted molar refractivity (Wildman–Crippen MR) is 111 cm³/mol. The molecule has 3 heterocycles. The second-order valence-electron chi connectivity index (χ2n) is 8.13. The van der Waals surface area contributed by atoms with E-state index in [1.807, 2.05) is 18.2 Å². The maximum absolute atomic E-state index is 13.2. The van der Waals surface area contributed by atoms with E-state index in [2.05, 4.69) is 26.6 Å². The van der Waals surface area contributed by atoms with Crippen LogP contribution in [0.1, 0.15) is 43.1 Å². The quantitative estimate of drug-likeness (QED) is 0.650. The molecule has 2 fully saturated rings. The molecule has 0 N–H and O–H groups in total. The van der Waals surface area contributed by atoms with Crippen LogP contribution in [0.4, 0.5) is 0 Å². The number of pyridine rings is 1. The molecule has 2 saturated heterocycles. The molecule has 2 aliphatic heterocycles. The maximum atomic E-state index is 13.2. The smallest absolute Gasteiger partial charge is 0.272 e. The van der Waals surface area contributed by atoms with Crippen molar-refractivity contribution in [1.82, 2.24) is 19.7 Å². The molecule has 0 aromatic carbocycles. The zero-order chi connectivity index (χ0) is 19.8. The molecule has 0 bridgehead atoms. The van der Waals surface area contributed by atoms with Crippen LogP contribution in [0, 0.1) is 5.92 Å². The van der Waals surface area contributed by atoms with E-state index in [9.17, 15) is 4.79 Å². The van der Waals surface area contributed by atoms with Gasteiger partial charge in [-0.25, -0.2) is 0 Å². The minimum Gasteiger partial charge on any atom is -0.383 e. The van der Waals surface area contributed by atoms with Gasteiger partial charge in [-0.15, -0.1) is 0 Å². The fourth-order valence-electron chi connectivity index (χ4n) is 4.59. The summed E-state index contributed by atoms with van der Waals surface area (Å²) in [5.41, 5.74) is 0.570. The number of amides is 1. The number of ether oxygens (including phenoxy) is 1. The van der Waals surface area contributed by atoms with Gasteiger partial charge < -0.3 is 14.5 Å². The van der Waals surface area contributed by atoms with Gasteiger partial charge in [-0.1, -0.05) is 13.0 Å². The second kappa shape index (κ2) is 10.9. The van der Waals surface area contributed by atoms with E-state index in [4.69, 9.17) is 4.74 Å². The highest BCUT2D eigenvalue weighted by atomic mass is 16.5. The van der Waals surface area contributed by atoms with Crippen molar-refractivity contribution < 1.29 is 9.53 Å². The van der Waals surface area contributed by atoms with Crippen LogP contribution in [0.3, 0.4) is 0 Å². The summed E-state index contributed by atoms with van der Waals surface area (Å²) < 4.78 is 5.21. The molecule has 6 heteroatoms. The molecular weight excluding hydrogens is 352 g/mol. The number of carbonyl (C=O) groups excluding carboxylic acids is 1. The number of methoxy groups -OCH3 is 1. The third kappa shape index (κ3) is 5.75. The Hall–Kier alpha value is -1.50. The van der Waals surface area contributed by atoms with Gasteiger partial charge >= 0.3 is 0 Å². The molecule has 0 aliphatic carbocycles. The molecule has 1 atom stereocenters. The standard InChI is InChI=1S/C22H36N4O2/c1-3-25-12-6-7-20(25)18-26(22(27)21-8-4-5-11-23-21)17-19-9-13-24(14-10-19)15-16-28-2/h4-5,8,11,19-20H,3,6-7,9-10,12-18H2,1-2H3. The summed E-state index contributed by atoms with van der Waals surface area (Å²) in [6.07, 6.45) is 6.45. The average Bonchev–Trinajstić information content (AvgIpc) is 3.20. The summed E-state index contributed by atoms with van der Waals surface area (Å²) in [6, 6.07) is 6.10.